The Hall–Kier alpha value is -1.05. The molecule has 4 nitrogen and oxygen atoms in total. The van der Waals surface area contributed by atoms with Crippen LogP contribution >= 0.6 is 0 Å². The van der Waals surface area contributed by atoms with Crippen LogP contribution in [0.4, 0.5) is 8.78 Å². The van der Waals surface area contributed by atoms with Gasteiger partial charge in [0.25, 0.3) is 0 Å². The van der Waals surface area contributed by atoms with E-state index in [9.17, 15) is 17.2 Å². The molecule has 1 aliphatic rings. The molecule has 0 radical (unpaired) electrons. The highest BCUT2D eigenvalue weighted by Crippen LogP contribution is 2.45. The normalized spacial score (nSPS) is 20.9. The summed E-state index contributed by atoms with van der Waals surface area (Å²) in [5.74, 6) is -2.50. The van der Waals surface area contributed by atoms with Gasteiger partial charge in [0, 0.05) is 12.6 Å². The van der Waals surface area contributed by atoms with Crippen LogP contribution in [-0.2, 0) is 16.6 Å². The summed E-state index contributed by atoms with van der Waals surface area (Å²) in [7, 11) is -2.42. The molecule has 0 saturated heterocycles. The Morgan fingerprint density at radius 1 is 1.35 bits per heavy atom. The van der Waals surface area contributed by atoms with Crippen molar-refractivity contribution in [3.05, 3.63) is 29.3 Å². The number of hydrogen-bond donors (Lipinski definition) is 2. The molecule has 1 aromatic carbocycles. The van der Waals surface area contributed by atoms with E-state index >= 15 is 0 Å². The maximum absolute atomic E-state index is 13.8. The third-order valence-electron chi connectivity index (χ3n) is 3.54. The number of halogens is 2. The molecule has 2 N–H and O–H groups in total. The molecule has 1 atom stereocenters. The lowest BCUT2D eigenvalue weighted by atomic mass is 10.2. The molecule has 112 valence electrons. The van der Waals surface area contributed by atoms with Gasteiger partial charge >= 0.3 is 0 Å². The molecular formula is C13H18F2N2O2S. The van der Waals surface area contributed by atoms with E-state index in [0.717, 1.165) is 12.1 Å². The summed E-state index contributed by atoms with van der Waals surface area (Å²) >= 11 is 0. The average Bonchev–Trinajstić information content (AvgIpc) is 2.89. The predicted molar refractivity (Wildman–Crippen MR) is 71.6 cm³/mol. The van der Waals surface area contributed by atoms with Crippen molar-refractivity contribution in [2.45, 2.75) is 37.8 Å². The van der Waals surface area contributed by atoms with E-state index in [1.165, 1.54) is 0 Å². The first kappa shape index (κ1) is 15.3. The van der Waals surface area contributed by atoms with Gasteiger partial charge in [-0.15, -0.1) is 0 Å². The summed E-state index contributed by atoms with van der Waals surface area (Å²) < 4.78 is 54.0. The van der Waals surface area contributed by atoms with Crippen LogP contribution in [-0.4, -0.2) is 21.5 Å². The van der Waals surface area contributed by atoms with E-state index in [-0.39, 0.29) is 18.0 Å². The summed E-state index contributed by atoms with van der Waals surface area (Å²) in [4.78, 5) is -0.634. The molecule has 1 fully saturated rings. The maximum atomic E-state index is 13.8. The molecule has 0 aromatic heterocycles. The van der Waals surface area contributed by atoms with E-state index in [2.05, 4.69) is 10.0 Å². The second-order valence-corrected chi connectivity index (χ2v) is 7.47. The molecule has 0 heterocycles. The van der Waals surface area contributed by atoms with Gasteiger partial charge in [-0.3, -0.25) is 0 Å². The van der Waals surface area contributed by atoms with Gasteiger partial charge in [-0.2, -0.15) is 0 Å². The average molecular weight is 304 g/mol. The van der Waals surface area contributed by atoms with Crippen molar-refractivity contribution >= 4 is 10.0 Å². The van der Waals surface area contributed by atoms with Gasteiger partial charge in [0.2, 0.25) is 10.0 Å². The zero-order chi connectivity index (χ0) is 15.1. The molecule has 1 aliphatic carbocycles. The van der Waals surface area contributed by atoms with Crippen LogP contribution in [0.2, 0.25) is 0 Å². The minimum Gasteiger partial charge on any atom is -0.316 e. The van der Waals surface area contributed by atoms with Crippen molar-refractivity contribution in [3.63, 3.8) is 0 Å². The van der Waals surface area contributed by atoms with Crippen molar-refractivity contribution in [1.29, 1.82) is 0 Å². The summed E-state index contributed by atoms with van der Waals surface area (Å²) in [6, 6.07) is 1.92. The molecule has 0 spiro atoms. The highest BCUT2D eigenvalue weighted by atomic mass is 32.2. The lowest BCUT2D eigenvalue weighted by molar-refractivity contribution is 0.479. The highest BCUT2D eigenvalue weighted by Gasteiger charge is 2.48. The summed E-state index contributed by atoms with van der Waals surface area (Å²) in [5.41, 5.74) is 0.242. The first-order chi connectivity index (χ1) is 9.17. The number of benzene rings is 1. The Labute approximate surface area is 117 Å². The summed E-state index contributed by atoms with van der Waals surface area (Å²) in [5, 5.41) is 2.77. The quantitative estimate of drug-likeness (QED) is 0.871. The highest BCUT2D eigenvalue weighted by molar-refractivity contribution is 7.89. The van der Waals surface area contributed by atoms with Crippen LogP contribution in [0.25, 0.3) is 0 Å². The molecule has 1 unspecified atom stereocenters. The number of nitrogens with one attached hydrogen (secondary N) is 2. The topological polar surface area (TPSA) is 58.2 Å². The van der Waals surface area contributed by atoms with Gasteiger partial charge in [-0.25, -0.2) is 21.9 Å². The second-order valence-electron chi connectivity index (χ2n) is 5.79. The van der Waals surface area contributed by atoms with Crippen LogP contribution in [0.1, 0.15) is 25.8 Å². The van der Waals surface area contributed by atoms with Crippen LogP contribution < -0.4 is 10.0 Å². The van der Waals surface area contributed by atoms with Gasteiger partial charge in [0.15, 0.2) is 11.6 Å². The number of rotatable bonds is 5. The molecule has 1 saturated carbocycles. The predicted octanol–water partition coefficient (Wildman–Crippen LogP) is 1.76. The minimum absolute atomic E-state index is 0.134. The Kier molecular flexibility index (Phi) is 3.88. The van der Waals surface area contributed by atoms with Crippen molar-refractivity contribution in [3.8, 4) is 0 Å². The molecule has 0 bridgehead atoms. The Bertz CT molecular complexity index is 630. The van der Waals surface area contributed by atoms with Crippen LogP contribution in [0.15, 0.2) is 17.0 Å². The third kappa shape index (κ3) is 2.99. The van der Waals surface area contributed by atoms with Gasteiger partial charge in [-0.1, -0.05) is 13.8 Å². The SMILES string of the molecule is CNCc1cc(F)c(F)c(S(=O)(=O)NC2CC2(C)C)c1. The van der Waals surface area contributed by atoms with E-state index in [4.69, 9.17) is 0 Å². The van der Waals surface area contributed by atoms with Crippen molar-refractivity contribution in [2.75, 3.05) is 7.05 Å². The van der Waals surface area contributed by atoms with E-state index in [0.29, 0.717) is 12.0 Å². The monoisotopic (exact) mass is 304 g/mol. The Balaban J connectivity index is 2.35. The Morgan fingerprint density at radius 2 is 1.95 bits per heavy atom. The molecular weight excluding hydrogens is 286 g/mol. The molecule has 7 heteroatoms. The van der Waals surface area contributed by atoms with E-state index < -0.39 is 26.6 Å². The smallest absolute Gasteiger partial charge is 0.243 e. The maximum Gasteiger partial charge on any atom is 0.243 e. The first-order valence-electron chi connectivity index (χ1n) is 6.32. The van der Waals surface area contributed by atoms with Gasteiger partial charge in [0.1, 0.15) is 4.90 Å². The van der Waals surface area contributed by atoms with Crippen LogP contribution in [0.3, 0.4) is 0 Å². The second kappa shape index (κ2) is 5.05. The largest absolute Gasteiger partial charge is 0.316 e. The van der Waals surface area contributed by atoms with Gasteiger partial charge in [-0.05, 0) is 36.6 Å². The van der Waals surface area contributed by atoms with Gasteiger partial charge < -0.3 is 5.32 Å². The lowest BCUT2D eigenvalue weighted by Crippen LogP contribution is -2.29. The standard InChI is InChI=1S/C13H18F2N2O2S/c1-13(2)6-11(13)17-20(18,19)10-5-8(7-16-3)4-9(14)12(10)15/h4-5,11,16-17H,6-7H2,1-3H3. The molecule has 2 rings (SSSR count). The third-order valence-corrected chi connectivity index (χ3v) is 5.01. The van der Waals surface area contributed by atoms with E-state index in [1.807, 2.05) is 13.8 Å². The Morgan fingerprint density at radius 3 is 2.45 bits per heavy atom. The minimum atomic E-state index is -4.05. The zero-order valence-electron chi connectivity index (χ0n) is 11.6. The zero-order valence-corrected chi connectivity index (χ0v) is 12.4. The van der Waals surface area contributed by atoms with E-state index in [1.54, 1.807) is 7.05 Å². The van der Waals surface area contributed by atoms with Crippen molar-refractivity contribution in [1.82, 2.24) is 10.0 Å². The first-order valence-corrected chi connectivity index (χ1v) is 7.80. The van der Waals surface area contributed by atoms with Crippen molar-refractivity contribution in [2.24, 2.45) is 5.41 Å². The molecule has 20 heavy (non-hydrogen) atoms. The van der Waals surface area contributed by atoms with Crippen LogP contribution in [0.5, 0.6) is 0 Å². The fourth-order valence-electron chi connectivity index (χ4n) is 2.04. The molecule has 0 aliphatic heterocycles. The fourth-order valence-corrected chi connectivity index (χ4v) is 3.58. The molecule has 1 aromatic rings. The molecule has 0 amide bonds. The summed E-state index contributed by atoms with van der Waals surface area (Å²) in [6.45, 7) is 4.08. The summed E-state index contributed by atoms with van der Waals surface area (Å²) in [6.07, 6.45) is 0.687. The number of sulfonamides is 1. The lowest BCUT2D eigenvalue weighted by Gasteiger charge is -2.11. The van der Waals surface area contributed by atoms with Crippen LogP contribution in [0, 0.1) is 17.0 Å². The fraction of sp³-hybridized carbons (Fsp3) is 0.538. The van der Waals surface area contributed by atoms with Gasteiger partial charge in [0.05, 0.1) is 0 Å². The number of hydrogen-bond acceptors (Lipinski definition) is 3. The van der Waals surface area contributed by atoms with Crippen molar-refractivity contribution < 1.29 is 17.2 Å².